The van der Waals surface area contributed by atoms with Gasteiger partial charge in [0.25, 0.3) is 11.8 Å². The molecule has 0 saturated carbocycles. The van der Waals surface area contributed by atoms with E-state index in [2.05, 4.69) is 15.6 Å². The number of fused-ring (bicyclic) bond motifs is 1. The van der Waals surface area contributed by atoms with Gasteiger partial charge in [-0.1, -0.05) is 24.3 Å². The SMILES string of the molecule is Cc1c(C(=O)NCCNC(=O)c2ccc(O[C@@H]3CC=C(C(=O)O)CC3)cc2)[nH]c2ccccc12. The molecule has 8 nitrogen and oxygen atoms in total. The Balaban J connectivity index is 1.22. The van der Waals surface area contributed by atoms with E-state index in [9.17, 15) is 14.4 Å². The van der Waals surface area contributed by atoms with E-state index in [4.69, 9.17) is 9.84 Å². The van der Waals surface area contributed by atoms with E-state index >= 15 is 0 Å². The average molecular weight is 462 g/mol. The minimum Gasteiger partial charge on any atom is -0.490 e. The summed E-state index contributed by atoms with van der Waals surface area (Å²) in [6.45, 7) is 2.50. The van der Waals surface area contributed by atoms with Crippen molar-refractivity contribution in [1.29, 1.82) is 0 Å². The van der Waals surface area contributed by atoms with E-state index < -0.39 is 5.97 Å². The van der Waals surface area contributed by atoms with Gasteiger partial charge in [0.05, 0.1) is 0 Å². The molecule has 2 aromatic carbocycles. The fraction of sp³-hybridized carbons (Fsp3) is 0.269. The van der Waals surface area contributed by atoms with Crippen LogP contribution in [0.5, 0.6) is 5.75 Å². The number of amides is 2. The van der Waals surface area contributed by atoms with Gasteiger partial charge in [-0.25, -0.2) is 4.79 Å². The number of benzene rings is 2. The van der Waals surface area contributed by atoms with Crippen LogP contribution in [-0.2, 0) is 4.79 Å². The first kappa shape index (κ1) is 23.1. The molecule has 1 aromatic heterocycles. The number of aromatic nitrogens is 1. The van der Waals surface area contributed by atoms with Gasteiger partial charge < -0.3 is 25.5 Å². The molecule has 0 bridgehead atoms. The highest BCUT2D eigenvalue weighted by Crippen LogP contribution is 2.24. The van der Waals surface area contributed by atoms with Gasteiger partial charge in [-0.2, -0.15) is 0 Å². The number of aryl methyl sites for hydroxylation is 1. The number of rotatable bonds is 8. The number of hydrogen-bond donors (Lipinski definition) is 4. The van der Waals surface area contributed by atoms with Gasteiger partial charge in [0.1, 0.15) is 17.5 Å². The first-order valence-corrected chi connectivity index (χ1v) is 11.2. The zero-order chi connectivity index (χ0) is 24.1. The van der Waals surface area contributed by atoms with Crippen LogP contribution in [0, 0.1) is 6.92 Å². The van der Waals surface area contributed by atoms with Crippen LogP contribution >= 0.6 is 0 Å². The smallest absolute Gasteiger partial charge is 0.331 e. The Hall–Kier alpha value is -4.07. The van der Waals surface area contributed by atoms with Gasteiger partial charge in [0.15, 0.2) is 0 Å². The Morgan fingerprint density at radius 1 is 1.03 bits per heavy atom. The molecule has 4 N–H and O–H groups in total. The summed E-state index contributed by atoms with van der Waals surface area (Å²) in [7, 11) is 0. The summed E-state index contributed by atoms with van der Waals surface area (Å²) in [6.07, 6.45) is 3.30. The molecule has 2 amide bonds. The Morgan fingerprint density at radius 2 is 1.74 bits per heavy atom. The Kier molecular flexibility index (Phi) is 6.96. The summed E-state index contributed by atoms with van der Waals surface area (Å²) in [6, 6.07) is 14.6. The lowest BCUT2D eigenvalue weighted by Crippen LogP contribution is -2.35. The van der Waals surface area contributed by atoms with Crippen molar-refractivity contribution < 1.29 is 24.2 Å². The van der Waals surface area contributed by atoms with Crippen LogP contribution in [0.15, 0.2) is 60.2 Å². The highest BCUT2D eigenvalue weighted by molar-refractivity contribution is 6.01. The molecule has 0 saturated heterocycles. The largest absolute Gasteiger partial charge is 0.490 e. The van der Waals surface area contributed by atoms with Gasteiger partial charge in [-0.15, -0.1) is 0 Å². The maximum Gasteiger partial charge on any atom is 0.331 e. The third-order valence-electron chi connectivity index (χ3n) is 5.95. The molecule has 0 aliphatic heterocycles. The monoisotopic (exact) mass is 461 g/mol. The number of carboxylic acid groups (broad SMARTS) is 1. The summed E-state index contributed by atoms with van der Waals surface area (Å²) in [4.78, 5) is 39.0. The quantitative estimate of drug-likeness (QED) is 0.382. The minimum atomic E-state index is -0.874. The first-order valence-electron chi connectivity index (χ1n) is 11.2. The van der Waals surface area contributed by atoms with Crippen LogP contribution < -0.4 is 15.4 Å². The molecule has 0 spiro atoms. The molecule has 1 atom stereocenters. The normalized spacial score (nSPS) is 15.4. The van der Waals surface area contributed by atoms with Gasteiger partial charge in [0.2, 0.25) is 0 Å². The van der Waals surface area contributed by atoms with E-state index in [1.54, 1.807) is 30.3 Å². The topological polar surface area (TPSA) is 121 Å². The molecule has 0 unspecified atom stereocenters. The predicted octanol–water partition coefficient (Wildman–Crippen LogP) is 3.58. The van der Waals surface area contributed by atoms with Gasteiger partial charge in [0, 0.05) is 41.5 Å². The molecule has 8 heteroatoms. The van der Waals surface area contributed by atoms with Crippen molar-refractivity contribution in [2.75, 3.05) is 13.1 Å². The van der Waals surface area contributed by atoms with E-state index in [0.717, 1.165) is 16.5 Å². The van der Waals surface area contributed by atoms with Crippen molar-refractivity contribution in [2.24, 2.45) is 0 Å². The first-order chi connectivity index (χ1) is 16.4. The van der Waals surface area contributed by atoms with Gasteiger partial charge in [-0.05, 0) is 55.7 Å². The number of nitrogens with one attached hydrogen (secondary N) is 3. The number of hydrogen-bond acceptors (Lipinski definition) is 4. The lowest BCUT2D eigenvalue weighted by molar-refractivity contribution is -0.133. The summed E-state index contributed by atoms with van der Waals surface area (Å²) in [5.74, 6) is -0.692. The standard InChI is InChI=1S/C26H27N3O5/c1-16-21-4-2-3-5-22(21)29-23(16)25(31)28-15-14-27-24(30)17-6-10-19(11-7-17)34-20-12-8-18(9-13-20)26(32)33/h2-8,10-11,20,29H,9,12-15H2,1H3,(H,27,30)(H,28,31)(H,32,33)/t20-/m1/s1. The maximum atomic E-state index is 12.5. The number of para-hydroxylation sites is 1. The average Bonchev–Trinajstić information content (AvgIpc) is 3.19. The van der Waals surface area contributed by atoms with Crippen molar-refractivity contribution in [3.8, 4) is 5.75 Å². The molecule has 1 aliphatic rings. The number of H-pyrrole nitrogens is 1. The van der Waals surface area contributed by atoms with E-state index in [0.29, 0.717) is 54.9 Å². The second kappa shape index (κ2) is 10.2. The lowest BCUT2D eigenvalue weighted by Gasteiger charge is -2.22. The Morgan fingerprint density at radius 3 is 2.38 bits per heavy atom. The predicted molar refractivity (Wildman–Crippen MR) is 128 cm³/mol. The lowest BCUT2D eigenvalue weighted by atomic mass is 9.97. The summed E-state index contributed by atoms with van der Waals surface area (Å²) < 4.78 is 5.90. The molecule has 1 heterocycles. The highest BCUT2D eigenvalue weighted by Gasteiger charge is 2.19. The van der Waals surface area contributed by atoms with Gasteiger partial charge in [-0.3, -0.25) is 9.59 Å². The number of aliphatic carboxylic acids is 1. The zero-order valence-corrected chi connectivity index (χ0v) is 18.9. The summed E-state index contributed by atoms with van der Waals surface area (Å²) >= 11 is 0. The van der Waals surface area contributed by atoms with Crippen LogP contribution in [-0.4, -0.2) is 47.1 Å². The summed E-state index contributed by atoms with van der Waals surface area (Å²) in [5.41, 5.74) is 3.25. The molecule has 34 heavy (non-hydrogen) atoms. The fourth-order valence-corrected chi connectivity index (χ4v) is 4.04. The molecule has 1 aliphatic carbocycles. The molecule has 3 aromatic rings. The van der Waals surface area contributed by atoms with E-state index in [-0.39, 0.29) is 17.9 Å². The van der Waals surface area contributed by atoms with Crippen molar-refractivity contribution in [3.63, 3.8) is 0 Å². The van der Waals surface area contributed by atoms with Crippen LogP contribution in [0.3, 0.4) is 0 Å². The fourth-order valence-electron chi connectivity index (χ4n) is 4.04. The van der Waals surface area contributed by atoms with Crippen LogP contribution in [0.4, 0.5) is 0 Å². The number of carboxylic acids is 1. The zero-order valence-electron chi connectivity index (χ0n) is 18.9. The third kappa shape index (κ3) is 5.28. The number of carbonyl (C=O) groups is 3. The Bertz CT molecular complexity index is 1240. The molecule has 0 radical (unpaired) electrons. The third-order valence-corrected chi connectivity index (χ3v) is 5.95. The Labute approximate surface area is 197 Å². The van der Waals surface area contributed by atoms with Crippen molar-refractivity contribution >= 4 is 28.7 Å². The molecular weight excluding hydrogens is 434 g/mol. The second-order valence-electron chi connectivity index (χ2n) is 8.26. The minimum absolute atomic E-state index is 0.0766. The van der Waals surface area contributed by atoms with E-state index in [1.165, 1.54) is 0 Å². The van der Waals surface area contributed by atoms with Crippen LogP contribution in [0.2, 0.25) is 0 Å². The van der Waals surface area contributed by atoms with Crippen LogP contribution in [0.1, 0.15) is 45.7 Å². The molecular formula is C26H27N3O5. The van der Waals surface area contributed by atoms with Crippen molar-refractivity contribution in [2.45, 2.75) is 32.3 Å². The van der Waals surface area contributed by atoms with Crippen LogP contribution in [0.25, 0.3) is 10.9 Å². The highest BCUT2D eigenvalue weighted by atomic mass is 16.5. The maximum absolute atomic E-state index is 12.5. The van der Waals surface area contributed by atoms with Crippen molar-refractivity contribution in [1.82, 2.24) is 15.6 Å². The molecule has 0 fully saturated rings. The number of carbonyl (C=O) groups excluding carboxylic acids is 2. The molecule has 4 rings (SSSR count). The second-order valence-corrected chi connectivity index (χ2v) is 8.26. The van der Waals surface area contributed by atoms with Gasteiger partial charge >= 0.3 is 5.97 Å². The number of aromatic amines is 1. The summed E-state index contributed by atoms with van der Waals surface area (Å²) in [5, 5.41) is 15.7. The van der Waals surface area contributed by atoms with E-state index in [1.807, 2.05) is 31.2 Å². The number of ether oxygens (including phenoxy) is 1. The molecule has 176 valence electrons. The van der Waals surface area contributed by atoms with Crippen molar-refractivity contribution in [3.05, 3.63) is 77.0 Å².